The molecule has 1 aromatic rings. The molecule has 2 unspecified atom stereocenters. The zero-order valence-corrected chi connectivity index (χ0v) is 20.4. The first-order valence-corrected chi connectivity index (χ1v) is 13.9. The van der Waals surface area contributed by atoms with E-state index in [0.717, 1.165) is 55.8 Å². The van der Waals surface area contributed by atoms with Crippen molar-refractivity contribution in [3.8, 4) is 0 Å². The minimum absolute atomic E-state index is 0.0474. The topological polar surface area (TPSA) is 103 Å². The molecule has 5 saturated carbocycles. The van der Waals surface area contributed by atoms with E-state index in [-0.39, 0.29) is 17.9 Å². The molecule has 4 bridgehead atoms. The van der Waals surface area contributed by atoms with Crippen LogP contribution in [0.2, 0.25) is 0 Å². The van der Waals surface area contributed by atoms with Crippen LogP contribution in [-0.4, -0.2) is 57.1 Å². The molecule has 3 atom stereocenters. The Balaban J connectivity index is 1.22. The molecule has 1 saturated heterocycles. The van der Waals surface area contributed by atoms with Gasteiger partial charge in [0, 0.05) is 24.4 Å². The van der Waals surface area contributed by atoms with Crippen LogP contribution in [0.15, 0.2) is 17.2 Å². The molecule has 184 valence electrons. The summed E-state index contributed by atoms with van der Waals surface area (Å²) in [6.07, 6.45) is 10.2. The van der Waals surface area contributed by atoms with Gasteiger partial charge in [0.15, 0.2) is 0 Å². The van der Waals surface area contributed by atoms with Crippen LogP contribution in [-0.2, 0) is 4.79 Å². The molecule has 1 amide bonds. The van der Waals surface area contributed by atoms with E-state index in [1.807, 2.05) is 17.0 Å². The smallest absolute Gasteiger partial charge is 0.308 e. The number of carbonyl (C=O) groups excluding carboxylic acids is 1. The van der Waals surface area contributed by atoms with Gasteiger partial charge in [-0.15, -0.1) is 11.8 Å². The summed E-state index contributed by atoms with van der Waals surface area (Å²) < 4.78 is 0. The number of carboxylic acids is 1. The number of aliphatic hydroxyl groups is 1. The van der Waals surface area contributed by atoms with Crippen LogP contribution in [0.25, 0.3) is 0 Å². The van der Waals surface area contributed by atoms with Gasteiger partial charge in [-0.2, -0.15) is 0 Å². The van der Waals surface area contributed by atoms with Gasteiger partial charge in [-0.25, -0.2) is 4.98 Å². The van der Waals surface area contributed by atoms with Crippen LogP contribution in [0.3, 0.4) is 0 Å². The minimum Gasteiger partial charge on any atom is -0.481 e. The van der Waals surface area contributed by atoms with E-state index in [9.17, 15) is 19.8 Å². The monoisotopic (exact) mass is 485 g/mol. The number of rotatable bonds is 6. The SMILES string of the molecule is O=C(N[C@H]1C2CC3CC1C[C@](O)(C3)C2)c1ccc(N2CC[C@@H](C(=O)O)C2)nc1SC1CCCC1. The molecule has 7 nitrogen and oxygen atoms in total. The normalized spacial score (nSPS) is 36.9. The van der Waals surface area contributed by atoms with E-state index in [1.54, 1.807) is 11.8 Å². The molecule has 5 aliphatic carbocycles. The van der Waals surface area contributed by atoms with Crippen LogP contribution in [0.5, 0.6) is 0 Å². The van der Waals surface area contributed by atoms with Crippen LogP contribution >= 0.6 is 11.8 Å². The number of carbonyl (C=O) groups is 2. The van der Waals surface area contributed by atoms with Gasteiger partial charge in [0.2, 0.25) is 0 Å². The Bertz CT molecular complexity index is 965. The number of anilines is 1. The van der Waals surface area contributed by atoms with E-state index in [1.165, 1.54) is 12.8 Å². The zero-order valence-electron chi connectivity index (χ0n) is 19.6. The maximum absolute atomic E-state index is 13.6. The first-order chi connectivity index (χ1) is 16.4. The van der Waals surface area contributed by atoms with Crippen LogP contribution < -0.4 is 10.2 Å². The highest BCUT2D eigenvalue weighted by Gasteiger charge is 2.55. The first-order valence-electron chi connectivity index (χ1n) is 13.1. The molecular weight excluding hydrogens is 450 g/mol. The Morgan fingerprint density at radius 2 is 1.82 bits per heavy atom. The first kappa shape index (κ1) is 22.7. The zero-order chi connectivity index (χ0) is 23.4. The molecule has 1 aromatic heterocycles. The lowest BCUT2D eigenvalue weighted by atomic mass is 9.52. The van der Waals surface area contributed by atoms with Gasteiger partial charge in [-0.05, 0) is 81.3 Å². The lowest BCUT2D eigenvalue weighted by molar-refractivity contribution is -0.141. The second-order valence-electron chi connectivity index (χ2n) is 11.5. The van der Waals surface area contributed by atoms with Crippen LogP contribution in [0.4, 0.5) is 5.82 Å². The summed E-state index contributed by atoms with van der Waals surface area (Å²) in [5, 5.41) is 24.9. The van der Waals surface area contributed by atoms with E-state index in [4.69, 9.17) is 4.98 Å². The fraction of sp³-hybridized carbons (Fsp3) is 0.731. The summed E-state index contributed by atoms with van der Waals surface area (Å²) in [6.45, 7) is 1.15. The van der Waals surface area contributed by atoms with Crippen molar-refractivity contribution in [2.45, 2.75) is 86.1 Å². The molecule has 8 heteroatoms. The number of amides is 1. The van der Waals surface area contributed by atoms with Gasteiger partial charge in [0.05, 0.1) is 17.1 Å². The summed E-state index contributed by atoms with van der Waals surface area (Å²) in [5.74, 6) is 0.973. The van der Waals surface area contributed by atoms with Crippen molar-refractivity contribution in [3.63, 3.8) is 0 Å². The van der Waals surface area contributed by atoms with Gasteiger partial charge in [-0.3, -0.25) is 9.59 Å². The maximum Gasteiger partial charge on any atom is 0.308 e. The predicted molar refractivity (Wildman–Crippen MR) is 130 cm³/mol. The molecule has 6 fully saturated rings. The van der Waals surface area contributed by atoms with Gasteiger partial charge in [0.1, 0.15) is 10.8 Å². The third kappa shape index (κ3) is 4.21. The van der Waals surface area contributed by atoms with Gasteiger partial charge in [-0.1, -0.05) is 12.8 Å². The lowest BCUT2D eigenvalue weighted by Crippen LogP contribution is -2.61. The molecule has 6 aliphatic rings. The van der Waals surface area contributed by atoms with Gasteiger partial charge >= 0.3 is 5.97 Å². The fourth-order valence-corrected chi connectivity index (χ4v) is 8.97. The Kier molecular flexibility index (Phi) is 5.79. The third-order valence-electron chi connectivity index (χ3n) is 9.07. The number of nitrogens with one attached hydrogen (secondary N) is 1. The van der Waals surface area contributed by atoms with Crippen molar-refractivity contribution in [3.05, 3.63) is 17.7 Å². The number of hydrogen-bond acceptors (Lipinski definition) is 6. The van der Waals surface area contributed by atoms with Crippen molar-refractivity contribution in [2.75, 3.05) is 18.0 Å². The molecule has 1 aliphatic heterocycles. The fourth-order valence-electron chi connectivity index (χ4n) is 7.65. The highest BCUT2D eigenvalue weighted by Crippen LogP contribution is 2.55. The molecule has 0 aromatic carbocycles. The molecule has 2 heterocycles. The summed E-state index contributed by atoms with van der Waals surface area (Å²) >= 11 is 1.72. The Morgan fingerprint density at radius 1 is 1.09 bits per heavy atom. The van der Waals surface area contributed by atoms with E-state index < -0.39 is 11.6 Å². The van der Waals surface area contributed by atoms with Gasteiger partial charge in [0.25, 0.3) is 5.91 Å². The third-order valence-corrected chi connectivity index (χ3v) is 10.4. The van der Waals surface area contributed by atoms with E-state index in [2.05, 4.69) is 5.32 Å². The lowest BCUT2D eigenvalue weighted by Gasteiger charge is -2.58. The Hall–Kier alpha value is -1.80. The molecule has 0 radical (unpaired) electrons. The van der Waals surface area contributed by atoms with Crippen molar-refractivity contribution in [1.29, 1.82) is 0 Å². The average molecular weight is 486 g/mol. The minimum atomic E-state index is -0.751. The van der Waals surface area contributed by atoms with Crippen molar-refractivity contribution >= 4 is 29.5 Å². The predicted octanol–water partition coefficient (Wildman–Crippen LogP) is 3.70. The number of thioether (sulfide) groups is 1. The second-order valence-corrected chi connectivity index (χ2v) is 12.8. The largest absolute Gasteiger partial charge is 0.481 e. The maximum atomic E-state index is 13.6. The van der Waals surface area contributed by atoms with Gasteiger partial charge < -0.3 is 20.4 Å². The summed E-state index contributed by atoms with van der Waals surface area (Å²) in [7, 11) is 0. The second kappa shape index (κ2) is 8.70. The van der Waals surface area contributed by atoms with Crippen molar-refractivity contribution in [1.82, 2.24) is 10.3 Å². The van der Waals surface area contributed by atoms with Crippen LogP contribution in [0.1, 0.15) is 74.6 Å². The van der Waals surface area contributed by atoms with Crippen molar-refractivity contribution in [2.24, 2.45) is 23.7 Å². The molecular formula is C26H35N3O4S. The Morgan fingerprint density at radius 3 is 2.47 bits per heavy atom. The summed E-state index contributed by atoms with van der Waals surface area (Å²) in [6, 6.07) is 3.92. The Labute approximate surface area is 205 Å². The van der Waals surface area contributed by atoms with Crippen LogP contribution in [0, 0.1) is 23.7 Å². The molecule has 34 heavy (non-hydrogen) atoms. The quantitative estimate of drug-likeness (QED) is 0.565. The average Bonchev–Trinajstić information content (AvgIpc) is 3.47. The highest BCUT2D eigenvalue weighted by atomic mass is 32.2. The molecule has 0 spiro atoms. The molecule has 7 rings (SSSR count). The number of aliphatic carboxylic acids is 1. The summed E-state index contributed by atoms with van der Waals surface area (Å²) in [5.41, 5.74) is 0.135. The number of hydrogen-bond donors (Lipinski definition) is 3. The summed E-state index contributed by atoms with van der Waals surface area (Å²) in [4.78, 5) is 31.9. The number of carboxylic acid groups (broad SMARTS) is 1. The number of aromatic nitrogens is 1. The van der Waals surface area contributed by atoms with Crippen molar-refractivity contribution < 1.29 is 19.8 Å². The number of nitrogens with zero attached hydrogens (tertiary/aromatic N) is 2. The standard InChI is InChI=1S/C26H35N3O4S/c30-23(28-22-17-9-15-10-18(22)13-26(33,11-15)12-17)20-5-6-21(29-8-7-16(14-29)25(31)32)27-24(20)34-19-3-1-2-4-19/h5-6,15-19,22,33H,1-4,7-14H2,(H,28,30)(H,31,32)/t15?,16-,17?,18?,22-,26-/m1/s1. The van der Waals surface area contributed by atoms with E-state index in [0.29, 0.717) is 48.1 Å². The number of pyridine rings is 1. The van der Waals surface area contributed by atoms with E-state index >= 15 is 0 Å². The highest BCUT2D eigenvalue weighted by molar-refractivity contribution is 7.99. The molecule has 3 N–H and O–H groups in total.